The first kappa shape index (κ1) is 15.2. The molecular formula is C17H21N3OS. The van der Waals surface area contributed by atoms with Crippen molar-refractivity contribution < 1.29 is 4.79 Å². The van der Waals surface area contributed by atoms with Crippen LogP contribution in [0.15, 0.2) is 35.7 Å². The minimum absolute atomic E-state index is 0.0381. The van der Waals surface area contributed by atoms with Gasteiger partial charge in [-0.3, -0.25) is 4.79 Å². The van der Waals surface area contributed by atoms with Crippen LogP contribution in [0, 0.1) is 6.92 Å². The van der Waals surface area contributed by atoms with Gasteiger partial charge in [0.2, 0.25) is 5.91 Å². The fourth-order valence-corrected chi connectivity index (χ4v) is 4.01. The van der Waals surface area contributed by atoms with E-state index in [9.17, 15) is 4.79 Å². The quantitative estimate of drug-likeness (QED) is 0.945. The van der Waals surface area contributed by atoms with E-state index in [-0.39, 0.29) is 17.9 Å². The van der Waals surface area contributed by atoms with Crippen LogP contribution in [0.4, 0.5) is 0 Å². The number of benzene rings is 1. The summed E-state index contributed by atoms with van der Waals surface area (Å²) >= 11 is 1.69. The highest BCUT2D eigenvalue weighted by molar-refractivity contribution is 7.09. The molecule has 0 atom stereocenters. The predicted molar refractivity (Wildman–Crippen MR) is 88.9 cm³/mol. The van der Waals surface area contributed by atoms with Crippen molar-refractivity contribution in [3.8, 4) is 0 Å². The average Bonchev–Trinajstić information content (AvgIpc) is 3.02. The fourth-order valence-electron chi connectivity index (χ4n) is 3.30. The Kier molecular flexibility index (Phi) is 4.27. The van der Waals surface area contributed by atoms with E-state index in [2.05, 4.69) is 29.6 Å². The maximum atomic E-state index is 11.8. The monoisotopic (exact) mass is 315 g/mol. The number of amides is 1. The third-order valence-corrected chi connectivity index (χ3v) is 5.35. The van der Waals surface area contributed by atoms with Crippen LogP contribution in [0.2, 0.25) is 0 Å². The van der Waals surface area contributed by atoms with Gasteiger partial charge in [-0.2, -0.15) is 0 Å². The molecule has 0 bridgehead atoms. The Morgan fingerprint density at radius 3 is 2.55 bits per heavy atom. The number of nitrogens with zero attached hydrogens (tertiary/aromatic N) is 2. The van der Waals surface area contributed by atoms with Gasteiger partial charge in [-0.05, 0) is 25.3 Å². The molecule has 1 aromatic carbocycles. The molecule has 2 aromatic rings. The van der Waals surface area contributed by atoms with Crippen LogP contribution in [-0.2, 0) is 10.2 Å². The first-order valence-electron chi connectivity index (χ1n) is 7.62. The van der Waals surface area contributed by atoms with Crippen LogP contribution in [-0.4, -0.2) is 35.4 Å². The Balaban J connectivity index is 1.95. The second-order valence-electron chi connectivity index (χ2n) is 5.78. The molecule has 1 amide bonds. The van der Waals surface area contributed by atoms with Crippen molar-refractivity contribution in [2.45, 2.75) is 25.2 Å². The number of rotatable bonds is 3. The summed E-state index contributed by atoms with van der Waals surface area (Å²) in [5, 5.41) is 3.26. The predicted octanol–water partition coefficient (Wildman–Crippen LogP) is 2.32. The molecule has 1 aromatic heterocycles. The van der Waals surface area contributed by atoms with E-state index in [0.29, 0.717) is 0 Å². The number of carbonyl (C=O) groups is 1. The topological polar surface area (TPSA) is 59.2 Å². The maximum Gasteiger partial charge on any atom is 0.236 e. The molecule has 0 unspecified atom stereocenters. The second-order valence-corrected chi connectivity index (χ2v) is 6.85. The molecule has 4 nitrogen and oxygen atoms in total. The highest BCUT2D eigenvalue weighted by atomic mass is 32.1. The van der Waals surface area contributed by atoms with Gasteiger partial charge in [0.05, 0.1) is 17.2 Å². The molecule has 0 saturated carbocycles. The van der Waals surface area contributed by atoms with Gasteiger partial charge in [0.15, 0.2) is 0 Å². The van der Waals surface area contributed by atoms with Crippen LogP contribution in [0.5, 0.6) is 0 Å². The molecule has 1 aliphatic rings. The first-order chi connectivity index (χ1) is 10.7. The first-order valence-corrected chi connectivity index (χ1v) is 8.50. The van der Waals surface area contributed by atoms with E-state index in [4.69, 9.17) is 10.7 Å². The number of thiazole rings is 1. The van der Waals surface area contributed by atoms with Gasteiger partial charge in [0.1, 0.15) is 0 Å². The summed E-state index contributed by atoms with van der Waals surface area (Å²) in [5.41, 5.74) is 7.84. The standard InChI is InChI=1S/C17H21N3OS/c1-13-19-15(12-22-13)17(14-5-3-2-4-6-14)7-9-20(10-8-17)16(21)11-18/h2-6,12H,7-11,18H2,1H3. The number of hydrogen-bond donors (Lipinski definition) is 1. The molecule has 0 aliphatic carbocycles. The van der Waals surface area contributed by atoms with Gasteiger partial charge in [-0.1, -0.05) is 30.3 Å². The number of aryl methyl sites for hydroxylation is 1. The van der Waals surface area contributed by atoms with Crippen LogP contribution in [0.25, 0.3) is 0 Å². The van der Waals surface area contributed by atoms with Gasteiger partial charge in [0, 0.05) is 23.9 Å². The van der Waals surface area contributed by atoms with E-state index in [0.717, 1.165) is 36.6 Å². The molecule has 2 N–H and O–H groups in total. The molecule has 1 fully saturated rings. The lowest BCUT2D eigenvalue weighted by Gasteiger charge is -2.41. The number of aromatic nitrogens is 1. The van der Waals surface area contributed by atoms with Crippen LogP contribution >= 0.6 is 11.3 Å². The smallest absolute Gasteiger partial charge is 0.236 e. The number of carbonyl (C=O) groups excluding carboxylic acids is 1. The zero-order valence-electron chi connectivity index (χ0n) is 12.8. The van der Waals surface area contributed by atoms with Crippen molar-refractivity contribution in [2.75, 3.05) is 19.6 Å². The molecule has 2 heterocycles. The largest absolute Gasteiger partial charge is 0.342 e. The van der Waals surface area contributed by atoms with E-state index in [1.807, 2.05) is 17.9 Å². The zero-order valence-corrected chi connectivity index (χ0v) is 13.6. The third kappa shape index (κ3) is 2.66. The fraction of sp³-hybridized carbons (Fsp3) is 0.412. The van der Waals surface area contributed by atoms with Crippen molar-refractivity contribution in [3.05, 3.63) is 52.0 Å². The highest BCUT2D eigenvalue weighted by Gasteiger charge is 2.40. The van der Waals surface area contributed by atoms with Crippen molar-refractivity contribution in [2.24, 2.45) is 5.73 Å². The summed E-state index contributed by atoms with van der Waals surface area (Å²) < 4.78 is 0. The lowest BCUT2D eigenvalue weighted by atomic mass is 9.70. The number of piperidine rings is 1. The summed E-state index contributed by atoms with van der Waals surface area (Å²) in [4.78, 5) is 18.5. The lowest BCUT2D eigenvalue weighted by molar-refractivity contribution is -0.131. The third-order valence-electron chi connectivity index (χ3n) is 4.58. The van der Waals surface area contributed by atoms with E-state index >= 15 is 0 Å². The van der Waals surface area contributed by atoms with E-state index < -0.39 is 0 Å². The van der Waals surface area contributed by atoms with Crippen molar-refractivity contribution >= 4 is 17.2 Å². The van der Waals surface area contributed by atoms with Gasteiger partial charge in [0.25, 0.3) is 0 Å². The molecular weight excluding hydrogens is 294 g/mol. The van der Waals surface area contributed by atoms with Gasteiger partial charge >= 0.3 is 0 Å². The number of nitrogens with two attached hydrogens (primary N) is 1. The molecule has 1 aliphatic heterocycles. The molecule has 22 heavy (non-hydrogen) atoms. The van der Waals surface area contributed by atoms with Gasteiger partial charge in [-0.15, -0.1) is 11.3 Å². The Bertz CT molecular complexity index is 645. The lowest BCUT2D eigenvalue weighted by Crippen LogP contribution is -2.47. The Morgan fingerprint density at radius 2 is 2.00 bits per heavy atom. The Morgan fingerprint density at radius 1 is 1.32 bits per heavy atom. The molecule has 0 spiro atoms. The van der Waals surface area contributed by atoms with Crippen molar-refractivity contribution in [3.63, 3.8) is 0 Å². The summed E-state index contributed by atoms with van der Waals surface area (Å²) in [5.74, 6) is 0.0381. The van der Waals surface area contributed by atoms with Crippen molar-refractivity contribution in [1.82, 2.24) is 9.88 Å². The Hall–Kier alpha value is -1.72. The number of likely N-dealkylation sites (tertiary alicyclic amines) is 1. The minimum Gasteiger partial charge on any atom is -0.342 e. The van der Waals surface area contributed by atoms with E-state index in [1.165, 1.54) is 5.56 Å². The molecule has 1 saturated heterocycles. The molecule has 5 heteroatoms. The van der Waals surface area contributed by atoms with Crippen LogP contribution in [0.3, 0.4) is 0 Å². The van der Waals surface area contributed by atoms with Crippen molar-refractivity contribution in [1.29, 1.82) is 0 Å². The maximum absolute atomic E-state index is 11.8. The number of hydrogen-bond acceptors (Lipinski definition) is 4. The highest BCUT2D eigenvalue weighted by Crippen LogP contribution is 2.41. The zero-order chi connectivity index (χ0) is 15.6. The SMILES string of the molecule is Cc1nc(C2(c3ccccc3)CCN(C(=O)CN)CC2)cs1. The van der Waals surface area contributed by atoms with Gasteiger partial charge < -0.3 is 10.6 Å². The van der Waals surface area contributed by atoms with Crippen LogP contribution < -0.4 is 5.73 Å². The summed E-state index contributed by atoms with van der Waals surface area (Å²) in [6.07, 6.45) is 1.79. The normalized spacial score (nSPS) is 17.5. The summed E-state index contributed by atoms with van der Waals surface area (Å²) in [6.45, 7) is 3.61. The summed E-state index contributed by atoms with van der Waals surface area (Å²) in [6, 6.07) is 10.5. The molecule has 116 valence electrons. The molecule has 3 rings (SSSR count). The Labute approximate surface area is 135 Å². The minimum atomic E-state index is -0.0859. The van der Waals surface area contributed by atoms with Gasteiger partial charge in [-0.25, -0.2) is 4.98 Å². The van der Waals surface area contributed by atoms with Crippen LogP contribution in [0.1, 0.15) is 29.1 Å². The molecule has 0 radical (unpaired) electrons. The second kappa shape index (κ2) is 6.18. The average molecular weight is 315 g/mol. The van der Waals surface area contributed by atoms with E-state index in [1.54, 1.807) is 11.3 Å². The summed E-state index contributed by atoms with van der Waals surface area (Å²) in [7, 11) is 0.